The number of nitrogens with zero attached hydrogens (tertiary/aromatic N) is 2. The molecule has 0 aromatic heterocycles. The van der Waals surface area contributed by atoms with Crippen molar-refractivity contribution in [2.45, 2.75) is 6.42 Å². The number of rotatable bonds is 3. The number of nitriles is 1. The molecule has 1 heterocycles. The monoisotopic (exact) mass is 277 g/mol. The van der Waals surface area contributed by atoms with Gasteiger partial charge in [-0.3, -0.25) is 4.79 Å². The minimum Gasteiger partial charge on any atom is -0.358 e. The number of anilines is 2. The van der Waals surface area contributed by atoms with Gasteiger partial charge in [0.2, 0.25) is 0 Å². The third kappa shape index (κ3) is 2.72. The Hall–Kier alpha value is -2.80. The molecule has 0 fully saturated rings. The van der Waals surface area contributed by atoms with Crippen LogP contribution in [0.2, 0.25) is 0 Å². The summed E-state index contributed by atoms with van der Waals surface area (Å²) < 4.78 is 0. The number of benzene rings is 2. The van der Waals surface area contributed by atoms with Gasteiger partial charge in [-0.2, -0.15) is 5.26 Å². The van der Waals surface area contributed by atoms with E-state index < -0.39 is 0 Å². The average Bonchev–Trinajstić information content (AvgIpc) is 2.91. The Balaban J connectivity index is 1.79. The molecule has 0 saturated heterocycles. The van der Waals surface area contributed by atoms with Crippen molar-refractivity contribution in [2.75, 3.05) is 23.3 Å². The maximum Gasteiger partial charge on any atom is 0.255 e. The summed E-state index contributed by atoms with van der Waals surface area (Å²) in [4.78, 5) is 14.3. The Kier molecular flexibility index (Phi) is 3.57. The SMILES string of the molecule is N#CCN1CCc2cc(C(=O)Nc3ccccc3)ccc21. The van der Waals surface area contributed by atoms with Crippen molar-refractivity contribution in [2.24, 2.45) is 0 Å². The zero-order valence-corrected chi connectivity index (χ0v) is 11.5. The van der Waals surface area contributed by atoms with E-state index in [-0.39, 0.29) is 5.91 Å². The van der Waals surface area contributed by atoms with Crippen LogP contribution in [-0.2, 0) is 6.42 Å². The van der Waals surface area contributed by atoms with Crippen LogP contribution >= 0.6 is 0 Å². The third-order valence-corrected chi connectivity index (χ3v) is 3.63. The maximum atomic E-state index is 12.2. The quantitative estimate of drug-likeness (QED) is 0.878. The first-order chi connectivity index (χ1) is 10.3. The number of nitrogens with one attached hydrogen (secondary N) is 1. The van der Waals surface area contributed by atoms with Gasteiger partial charge in [0.15, 0.2) is 0 Å². The second-order valence-corrected chi connectivity index (χ2v) is 4.99. The van der Waals surface area contributed by atoms with Crippen molar-refractivity contribution in [3.63, 3.8) is 0 Å². The van der Waals surface area contributed by atoms with Gasteiger partial charge in [0.1, 0.15) is 6.54 Å². The fraction of sp³-hybridized carbons (Fsp3) is 0.176. The lowest BCUT2D eigenvalue weighted by Gasteiger charge is -2.15. The van der Waals surface area contributed by atoms with E-state index in [0.29, 0.717) is 12.1 Å². The Morgan fingerprint density at radius 2 is 2.05 bits per heavy atom. The molecule has 0 aliphatic carbocycles. The summed E-state index contributed by atoms with van der Waals surface area (Å²) in [5.41, 5.74) is 3.63. The Labute approximate surface area is 123 Å². The highest BCUT2D eigenvalue weighted by molar-refractivity contribution is 6.04. The van der Waals surface area contributed by atoms with Crippen molar-refractivity contribution in [1.29, 1.82) is 5.26 Å². The molecule has 1 aliphatic rings. The van der Waals surface area contributed by atoms with Crippen molar-refractivity contribution >= 4 is 17.3 Å². The molecular formula is C17H15N3O. The topological polar surface area (TPSA) is 56.1 Å². The highest BCUT2D eigenvalue weighted by Crippen LogP contribution is 2.28. The van der Waals surface area contributed by atoms with E-state index in [1.54, 1.807) is 0 Å². The maximum absolute atomic E-state index is 12.2. The Bertz CT molecular complexity index is 704. The number of hydrogen-bond donors (Lipinski definition) is 1. The van der Waals surface area contributed by atoms with Crippen molar-refractivity contribution in [3.8, 4) is 6.07 Å². The van der Waals surface area contributed by atoms with Crippen LogP contribution in [0.1, 0.15) is 15.9 Å². The van der Waals surface area contributed by atoms with Crippen LogP contribution in [0.4, 0.5) is 11.4 Å². The number of amides is 1. The number of carbonyl (C=O) groups excluding carboxylic acids is 1. The molecule has 1 N–H and O–H groups in total. The Morgan fingerprint density at radius 1 is 1.24 bits per heavy atom. The van der Waals surface area contributed by atoms with Crippen molar-refractivity contribution in [3.05, 3.63) is 59.7 Å². The van der Waals surface area contributed by atoms with Gasteiger partial charge in [-0.25, -0.2) is 0 Å². The second kappa shape index (κ2) is 5.68. The predicted octanol–water partition coefficient (Wildman–Crippen LogP) is 2.82. The van der Waals surface area contributed by atoms with Crippen LogP contribution in [0.15, 0.2) is 48.5 Å². The van der Waals surface area contributed by atoms with Crippen LogP contribution in [0, 0.1) is 11.3 Å². The van der Waals surface area contributed by atoms with Crippen molar-refractivity contribution < 1.29 is 4.79 Å². The third-order valence-electron chi connectivity index (χ3n) is 3.63. The molecule has 2 aromatic carbocycles. The van der Waals surface area contributed by atoms with Crippen LogP contribution in [0.5, 0.6) is 0 Å². The number of carbonyl (C=O) groups is 1. The molecular weight excluding hydrogens is 262 g/mol. The molecule has 1 amide bonds. The van der Waals surface area contributed by atoms with Crippen LogP contribution in [0.3, 0.4) is 0 Å². The molecule has 104 valence electrons. The van der Waals surface area contributed by atoms with Gasteiger partial charge in [0, 0.05) is 23.5 Å². The van der Waals surface area contributed by atoms with Crippen LogP contribution in [-0.4, -0.2) is 19.0 Å². The fourth-order valence-electron chi connectivity index (χ4n) is 2.59. The first-order valence-electron chi connectivity index (χ1n) is 6.89. The molecule has 4 heteroatoms. The van der Waals surface area contributed by atoms with Gasteiger partial charge in [-0.1, -0.05) is 18.2 Å². The minimum atomic E-state index is -0.109. The lowest BCUT2D eigenvalue weighted by Crippen LogP contribution is -2.20. The van der Waals surface area contributed by atoms with Gasteiger partial charge >= 0.3 is 0 Å². The normalized spacial score (nSPS) is 12.6. The molecule has 0 saturated carbocycles. The molecule has 3 rings (SSSR count). The molecule has 1 aliphatic heterocycles. The lowest BCUT2D eigenvalue weighted by molar-refractivity contribution is 0.102. The van der Waals surface area contributed by atoms with E-state index in [9.17, 15) is 4.79 Å². The average molecular weight is 277 g/mol. The fourth-order valence-corrected chi connectivity index (χ4v) is 2.59. The van der Waals surface area contributed by atoms with E-state index in [1.165, 1.54) is 0 Å². The first kappa shape index (κ1) is 13.2. The summed E-state index contributed by atoms with van der Waals surface area (Å²) in [5, 5.41) is 11.7. The van der Waals surface area contributed by atoms with Crippen LogP contribution in [0.25, 0.3) is 0 Å². The van der Waals surface area contributed by atoms with Gasteiger partial charge in [-0.15, -0.1) is 0 Å². The molecule has 0 spiro atoms. The smallest absolute Gasteiger partial charge is 0.255 e. The minimum absolute atomic E-state index is 0.109. The summed E-state index contributed by atoms with van der Waals surface area (Å²) in [7, 11) is 0. The molecule has 0 radical (unpaired) electrons. The summed E-state index contributed by atoms with van der Waals surface area (Å²) >= 11 is 0. The summed E-state index contributed by atoms with van der Waals surface area (Å²) in [6.45, 7) is 1.23. The van der Waals surface area contributed by atoms with Crippen LogP contribution < -0.4 is 10.2 Å². The van der Waals surface area contributed by atoms with Crippen molar-refractivity contribution in [1.82, 2.24) is 0 Å². The highest BCUT2D eigenvalue weighted by Gasteiger charge is 2.20. The van der Waals surface area contributed by atoms with E-state index in [1.807, 2.05) is 53.4 Å². The standard InChI is InChI=1S/C17H15N3O/c18-9-11-20-10-8-13-12-14(6-7-16(13)20)17(21)19-15-4-2-1-3-5-15/h1-7,12H,8,10-11H2,(H,19,21). The predicted molar refractivity (Wildman–Crippen MR) is 82.4 cm³/mol. The van der Waals surface area contributed by atoms with Gasteiger partial charge in [0.05, 0.1) is 6.07 Å². The van der Waals surface area contributed by atoms with E-state index >= 15 is 0 Å². The molecule has 2 aromatic rings. The number of fused-ring (bicyclic) bond motifs is 1. The van der Waals surface area contributed by atoms with Gasteiger partial charge in [0.25, 0.3) is 5.91 Å². The highest BCUT2D eigenvalue weighted by atomic mass is 16.1. The summed E-state index contributed by atoms with van der Waals surface area (Å²) in [6, 6.07) is 17.2. The zero-order valence-electron chi connectivity index (χ0n) is 11.5. The van der Waals surface area contributed by atoms with Gasteiger partial charge < -0.3 is 10.2 Å². The zero-order chi connectivity index (χ0) is 14.7. The molecule has 0 atom stereocenters. The number of para-hydroxylation sites is 1. The summed E-state index contributed by atoms with van der Waals surface area (Å²) in [6.07, 6.45) is 0.878. The molecule has 4 nitrogen and oxygen atoms in total. The lowest BCUT2D eigenvalue weighted by atomic mass is 10.1. The molecule has 0 unspecified atom stereocenters. The second-order valence-electron chi connectivity index (χ2n) is 4.99. The van der Waals surface area contributed by atoms with E-state index in [2.05, 4.69) is 11.4 Å². The Morgan fingerprint density at radius 3 is 2.81 bits per heavy atom. The van der Waals surface area contributed by atoms with E-state index in [0.717, 1.165) is 29.9 Å². The summed E-state index contributed by atoms with van der Waals surface area (Å²) in [5.74, 6) is -0.109. The largest absolute Gasteiger partial charge is 0.358 e. The molecule has 21 heavy (non-hydrogen) atoms. The first-order valence-corrected chi connectivity index (χ1v) is 6.89. The number of hydrogen-bond acceptors (Lipinski definition) is 3. The van der Waals surface area contributed by atoms with E-state index in [4.69, 9.17) is 5.26 Å². The van der Waals surface area contributed by atoms with Gasteiger partial charge in [-0.05, 0) is 42.3 Å². The molecule has 0 bridgehead atoms.